The highest BCUT2D eigenvalue weighted by molar-refractivity contribution is 7.94. The summed E-state index contributed by atoms with van der Waals surface area (Å²) in [6.45, 7) is 2.12. The Morgan fingerprint density at radius 3 is 2.57 bits per heavy atom. The fraction of sp³-hybridized carbons (Fsp3) is 0.206. The maximum Gasteiger partial charge on any atom is 0.308 e. The van der Waals surface area contributed by atoms with Crippen LogP contribution in [0, 0.1) is 24.7 Å². The molecule has 2 N–H and O–H groups in total. The Labute approximate surface area is 265 Å². The number of amides is 3. The summed E-state index contributed by atoms with van der Waals surface area (Å²) in [5.74, 6) is 2.11. The second-order valence-electron chi connectivity index (χ2n) is 10.7. The molecule has 0 spiro atoms. The number of pyridine rings is 1. The first-order valence-electron chi connectivity index (χ1n) is 14.4. The van der Waals surface area contributed by atoms with Gasteiger partial charge in [-0.25, -0.2) is 4.21 Å². The predicted molar refractivity (Wildman–Crippen MR) is 169 cm³/mol. The molecule has 2 aromatic heterocycles. The number of carboxylic acid groups (broad SMARTS) is 1. The summed E-state index contributed by atoms with van der Waals surface area (Å²) in [5, 5.41) is 12.2. The number of aryl methyl sites for hydroxylation is 1. The summed E-state index contributed by atoms with van der Waals surface area (Å²) in [4.78, 5) is 56.3. The maximum absolute atomic E-state index is 14.2. The molecule has 2 unspecified atom stereocenters. The van der Waals surface area contributed by atoms with Crippen LogP contribution >= 0.6 is 0 Å². The van der Waals surface area contributed by atoms with Crippen molar-refractivity contribution in [2.45, 2.75) is 24.7 Å². The first-order chi connectivity index (χ1) is 22.1. The molecule has 12 heteroatoms. The van der Waals surface area contributed by atoms with Gasteiger partial charge in [0.1, 0.15) is 5.75 Å². The van der Waals surface area contributed by atoms with Gasteiger partial charge >= 0.3 is 5.97 Å². The molecular formula is C34H30N4O7S. The lowest BCUT2D eigenvalue weighted by Crippen LogP contribution is -2.44. The second-order valence-corrected chi connectivity index (χ2v) is 12.9. The summed E-state index contributed by atoms with van der Waals surface area (Å²) in [7, 11) is -3.57. The van der Waals surface area contributed by atoms with Gasteiger partial charge in [0.2, 0.25) is 5.91 Å². The van der Waals surface area contributed by atoms with Gasteiger partial charge in [0, 0.05) is 52.8 Å². The number of hydrogen-bond acceptors (Lipinski definition) is 7. The van der Waals surface area contributed by atoms with Gasteiger partial charge in [-0.1, -0.05) is 36.1 Å². The Morgan fingerprint density at radius 1 is 1.04 bits per heavy atom. The van der Waals surface area contributed by atoms with E-state index in [2.05, 4.69) is 26.5 Å². The summed E-state index contributed by atoms with van der Waals surface area (Å²) in [5.41, 5.74) is 2.23. The highest BCUT2D eigenvalue weighted by atomic mass is 32.2. The Hall–Kier alpha value is -5.54. The third-order valence-electron chi connectivity index (χ3n) is 7.31. The summed E-state index contributed by atoms with van der Waals surface area (Å²) in [6, 6.07) is 18.1. The third-order valence-corrected chi connectivity index (χ3v) is 9.42. The monoisotopic (exact) mass is 638 g/mol. The van der Waals surface area contributed by atoms with Crippen LogP contribution in [-0.4, -0.2) is 61.7 Å². The Morgan fingerprint density at radius 2 is 1.83 bits per heavy atom. The van der Waals surface area contributed by atoms with Crippen LogP contribution in [0.5, 0.6) is 0 Å². The van der Waals surface area contributed by atoms with Gasteiger partial charge in [-0.2, -0.15) is 4.36 Å². The number of aliphatic carboxylic acids is 1. The van der Waals surface area contributed by atoms with Gasteiger partial charge in [0.25, 0.3) is 11.8 Å². The minimum atomic E-state index is -3.57. The number of carbonyl (C=O) groups is 4. The Balaban J connectivity index is 1.36. The van der Waals surface area contributed by atoms with Crippen LogP contribution in [0.15, 0.2) is 99.1 Å². The van der Waals surface area contributed by atoms with Gasteiger partial charge in [-0.15, -0.1) is 0 Å². The van der Waals surface area contributed by atoms with E-state index >= 15 is 0 Å². The highest BCUT2D eigenvalue weighted by Gasteiger charge is 2.30. The number of piperidine rings is 1. The van der Waals surface area contributed by atoms with E-state index in [1.54, 1.807) is 55.5 Å². The molecule has 11 nitrogen and oxygen atoms in total. The number of aromatic nitrogens is 1. The van der Waals surface area contributed by atoms with Crippen molar-refractivity contribution in [3.63, 3.8) is 0 Å². The van der Waals surface area contributed by atoms with Crippen molar-refractivity contribution in [1.29, 1.82) is 0 Å². The quantitative estimate of drug-likeness (QED) is 0.277. The average molecular weight is 639 g/mol. The second kappa shape index (κ2) is 14.0. The zero-order valence-corrected chi connectivity index (χ0v) is 25.7. The van der Waals surface area contributed by atoms with Crippen LogP contribution in [0.25, 0.3) is 0 Å². The van der Waals surface area contributed by atoms with Crippen LogP contribution in [0.4, 0.5) is 5.69 Å². The molecule has 1 aliphatic heterocycles. The number of carbonyl (C=O) groups excluding carboxylic acids is 3. The molecule has 3 amide bonds. The molecule has 3 heterocycles. The number of carboxylic acids is 1. The van der Waals surface area contributed by atoms with Crippen molar-refractivity contribution in [3.05, 3.63) is 113 Å². The molecule has 2 aromatic carbocycles. The number of likely N-dealkylation sites (tertiary alicyclic amines) is 1. The number of benzene rings is 2. The van der Waals surface area contributed by atoms with Crippen LogP contribution < -0.4 is 5.32 Å². The Kier molecular flexibility index (Phi) is 9.73. The number of nitrogens with zero attached hydrogens (tertiary/aromatic N) is 3. The minimum Gasteiger partial charge on any atom is -0.481 e. The average Bonchev–Trinajstić information content (AvgIpc) is 3.50. The zero-order chi connectivity index (χ0) is 32.7. The lowest BCUT2D eigenvalue weighted by molar-refractivity contribution is -0.145. The molecule has 0 bridgehead atoms. The van der Waals surface area contributed by atoms with Gasteiger partial charge < -0.3 is 19.7 Å². The minimum absolute atomic E-state index is 0.00991. The van der Waals surface area contributed by atoms with Crippen LogP contribution in [0.2, 0.25) is 0 Å². The summed E-state index contributed by atoms with van der Waals surface area (Å²) in [6.07, 6.45) is 5.14. The van der Waals surface area contributed by atoms with E-state index in [-0.39, 0.29) is 28.7 Å². The standard InChI is InChI=1S/C34H30N4O7S/c1-23-14-16-45-31(23)33(41)36-28-9-5-7-24(18-28)12-13-25-17-27(20-35-19-25)32(40)37-46(44,29-10-3-2-4-11-29)22-30(39)38-15-6-8-26(21-38)34(42)43/h2-5,7,9-11,14,16-20,26H,6,8,15,21-22H2,1H3,(H,36,41)(H,42,43). The van der Waals surface area contributed by atoms with E-state index in [9.17, 15) is 28.5 Å². The molecule has 234 valence electrons. The van der Waals surface area contributed by atoms with E-state index in [1.807, 2.05) is 0 Å². The van der Waals surface area contributed by atoms with Crippen LogP contribution in [-0.2, 0) is 19.3 Å². The van der Waals surface area contributed by atoms with Crippen molar-refractivity contribution in [1.82, 2.24) is 9.88 Å². The van der Waals surface area contributed by atoms with Gasteiger partial charge in [0.15, 0.2) is 5.76 Å². The number of anilines is 1. The van der Waals surface area contributed by atoms with E-state index in [0.717, 1.165) is 0 Å². The van der Waals surface area contributed by atoms with Gasteiger partial charge in [-0.05, 0) is 62.2 Å². The van der Waals surface area contributed by atoms with E-state index < -0.39 is 39.2 Å². The number of hydrogen-bond donors (Lipinski definition) is 2. The molecule has 1 saturated heterocycles. The van der Waals surface area contributed by atoms with Gasteiger partial charge in [-0.3, -0.25) is 24.2 Å². The number of furan rings is 1. The van der Waals surface area contributed by atoms with E-state index in [0.29, 0.717) is 41.8 Å². The van der Waals surface area contributed by atoms with Crippen LogP contribution in [0.1, 0.15) is 50.4 Å². The number of nitrogens with one attached hydrogen (secondary N) is 1. The largest absolute Gasteiger partial charge is 0.481 e. The topological polar surface area (TPSA) is 159 Å². The third kappa shape index (κ3) is 7.75. The first-order valence-corrected chi connectivity index (χ1v) is 16.1. The molecule has 0 aliphatic carbocycles. The zero-order valence-electron chi connectivity index (χ0n) is 24.8. The smallest absolute Gasteiger partial charge is 0.308 e. The molecule has 1 aliphatic rings. The molecule has 0 radical (unpaired) electrons. The SMILES string of the molecule is Cc1ccoc1C(=O)Nc1cccc(C#Cc2cncc(C(=O)N=S(=O)(CC(=O)N3CCCC(C(=O)O)C3)c3ccccc3)c2)c1. The lowest BCUT2D eigenvalue weighted by Gasteiger charge is -2.31. The molecule has 46 heavy (non-hydrogen) atoms. The van der Waals surface area contributed by atoms with E-state index in [4.69, 9.17) is 4.42 Å². The maximum atomic E-state index is 14.2. The van der Waals surface area contributed by atoms with Crippen molar-refractivity contribution in [2.75, 3.05) is 24.2 Å². The fourth-order valence-electron chi connectivity index (χ4n) is 4.89. The van der Waals surface area contributed by atoms with Crippen molar-refractivity contribution in [3.8, 4) is 11.8 Å². The molecule has 5 rings (SSSR count). The van der Waals surface area contributed by atoms with Crippen molar-refractivity contribution < 1.29 is 32.9 Å². The normalized spacial score (nSPS) is 15.5. The molecule has 4 aromatic rings. The molecule has 0 saturated carbocycles. The van der Waals surface area contributed by atoms with E-state index in [1.165, 1.54) is 41.8 Å². The lowest BCUT2D eigenvalue weighted by atomic mass is 9.98. The molecule has 1 fully saturated rings. The molecule has 2 atom stereocenters. The van der Waals surface area contributed by atoms with Crippen molar-refractivity contribution >= 4 is 39.1 Å². The Bertz CT molecular complexity index is 1980. The highest BCUT2D eigenvalue weighted by Crippen LogP contribution is 2.21. The van der Waals surface area contributed by atoms with Gasteiger partial charge in [0.05, 0.1) is 27.5 Å². The summed E-state index contributed by atoms with van der Waals surface area (Å²) < 4.78 is 23.5. The molecular weight excluding hydrogens is 608 g/mol. The number of rotatable bonds is 7. The van der Waals surface area contributed by atoms with Crippen molar-refractivity contribution in [2.24, 2.45) is 10.3 Å². The predicted octanol–water partition coefficient (Wildman–Crippen LogP) is 4.63. The summed E-state index contributed by atoms with van der Waals surface area (Å²) >= 11 is 0. The first kappa shape index (κ1) is 31.9. The van der Waals surface area contributed by atoms with Crippen LogP contribution in [0.3, 0.4) is 0 Å². The fourth-order valence-corrected chi connectivity index (χ4v) is 6.70.